The second kappa shape index (κ2) is 13.3. The number of aliphatic hydroxyl groups excluding tert-OH is 2. The lowest BCUT2D eigenvalue weighted by Crippen LogP contribution is -2.58. The Bertz CT molecular complexity index is 1210. The third-order valence-corrected chi connectivity index (χ3v) is 9.50. The number of nitrogens with one attached hydrogen (secondary N) is 2. The molecule has 2 aromatic carbocycles. The van der Waals surface area contributed by atoms with Crippen molar-refractivity contribution in [2.75, 3.05) is 13.1 Å². The Morgan fingerprint density at radius 1 is 1.00 bits per heavy atom. The van der Waals surface area contributed by atoms with Crippen molar-refractivity contribution in [2.45, 2.75) is 102 Å². The molecule has 1 saturated heterocycles. The standard InChI is InChI=1S/C35H49N3O4/c1-35(2,3)37-34(42)30-19-24-13-7-8-15-26(24)21-38(30)22-28(39)18-27(17-23-11-5-4-6-12-23)33(41)36-32-29-16-10-9-14-25(29)20-31(32)40/h4-6,9-12,14,16,24,26-28,30-32,39-40H,7-8,13,15,17-22H2,1-3H3,(H,36,41)(H,37,42)/t24-,26+,27+,28-,30-,31?,32-/m0/s1. The summed E-state index contributed by atoms with van der Waals surface area (Å²) in [7, 11) is 0. The zero-order valence-electron chi connectivity index (χ0n) is 25.5. The zero-order chi connectivity index (χ0) is 29.9. The molecule has 2 amide bonds. The van der Waals surface area contributed by atoms with Gasteiger partial charge in [-0.05, 0) is 75.0 Å². The van der Waals surface area contributed by atoms with Gasteiger partial charge in [-0.3, -0.25) is 14.5 Å². The number of piperidine rings is 1. The van der Waals surface area contributed by atoms with Crippen LogP contribution in [0, 0.1) is 17.8 Å². The minimum Gasteiger partial charge on any atom is -0.392 e. The molecule has 0 radical (unpaired) electrons. The van der Waals surface area contributed by atoms with Crippen molar-refractivity contribution in [1.82, 2.24) is 15.5 Å². The number of nitrogens with zero attached hydrogens (tertiary/aromatic N) is 1. The van der Waals surface area contributed by atoms with Crippen molar-refractivity contribution < 1.29 is 19.8 Å². The predicted molar refractivity (Wildman–Crippen MR) is 165 cm³/mol. The van der Waals surface area contributed by atoms with Gasteiger partial charge in [0.15, 0.2) is 0 Å². The monoisotopic (exact) mass is 575 g/mol. The van der Waals surface area contributed by atoms with Crippen LogP contribution in [-0.4, -0.2) is 63.8 Å². The molecule has 0 spiro atoms. The van der Waals surface area contributed by atoms with E-state index in [0.29, 0.717) is 31.2 Å². The van der Waals surface area contributed by atoms with E-state index in [-0.39, 0.29) is 29.8 Å². The highest BCUT2D eigenvalue weighted by Crippen LogP contribution is 2.39. The first kappa shape index (κ1) is 30.7. The first-order valence-corrected chi connectivity index (χ1v) is 15.9. The van der Waals surface area contributed by atoms with E-state index in [0.717, 1.165) is 29.7 Å². The summed E-state index contributed by atoms with van der Waals surface area (Å²) < 4.78 is 0. The number of aliphatic hydroxyl groups is 2. The molecule has 1 aliphatic heterocycles. The van der Waals surface area contributed by atoms with Crippen LogP contribution < -0.4 is 10.6 Å². The molecule has 1 saturated carbocycles. The predicted octanol–water partition coefficient (Wildman–Crippen LogP) is 4.17. The quantitative estimate of drug-likeness (QED) is 0.360. The number of fused-ring (bicyclic) bond motifs is 2. The molecule has 2 aromatic rings. The molecule has 4 N–H and O–H groups in total. The van der Waals surface area contributed by atoms with Crippen LogP contribution in [0.4, 0.5) is 0 Å². The van der Waals surface area contributed by atoms with Gasteiger partial charge in [-0.1, -0.05) is 73.9 Å². The molecule has 7 nitrogen and oxygen atoms in total. The molecular weight excluding hydrogens is 526 g/mol. The lowest BCUT2D eigenvalue weighted by atomic mass is 9.72. The number of hydrogen-bond acceptors (Lipinski definition) is 5. The van der Waals surface area contributed by atoms with Gasteiger partial charge in [0.1, 0.15) is 0 Å². The summed E-state index contributed by atoms with van der Waals surface area (Å²) in [5.41, 5.74) is 2.72. The van der Waals surface area contributed by atoms with Gasteiger partial charge in [0, 0.05) is 31.0 Å². The molecule has 2 aliphatic carbocycles. The Hall–Kier alpha value is -2.74. The molecule has 2 fully saturated rings. The van der Waals surface area contributed by atoms with Crippen molar-refractivity contribution >= 4 is 11.8 Å². The number of likely N-dealkylation sites (tertiary alicyclic amines) is 1. The number of amides is 2. The lowest BCUT2D eigenvalue weighted by Gasteiger charge is -2.46. The minimum absolute atomic E-state index is 0.0335. The molecule has 1 heterocycles. The Kier molecular flexibility index (Phi) is 9.70. The average molecular weight is 576 g/mol. The number of hydrogen-bond donors (Lipinski definition) is 4. The van der Waals surface area contributed by atoms with Gasteiger partial charge in [0.2, 0.25) is 11.8 Å². The summed E-state index contributed by atoms with van der Waals surface area (Å²) in [5, 5.41) is 28.6. The fraction of sp³-hybridized carbons (Fsp3) is 0.600. The molecule has 42 heavy (non-hydrogen) atoms. The molecule has 0 bridgehead atoms. The van der Waals surface area contributed by atoms with E-state index in [9.17, 15) is 19.8 Å². The SMILES string of the molecule is CC(C)(C)NC(=O)[C@@H]1C[C@@H]2CCCC[C@@H]2CN1C[C@@H](O)C[C@@H](Cc1ccccc1)C(=O)N[C@H]1c2ccccc2CC1O. The second-order valence-electron chi connectivity index (χ2n) is 14.0. The molecule has 5 rings (SSSR count). The maximum atomic E-state index is 13.8. The third-order valence-electron chi connectivity index (χ3n) is 9.50. The fourth-order valence-corrected chi connectivity index (χ4v) is 7.50. The third kappa shape index (κ3) is 7.61. The van der Waals surface area contributed by atoms with Crippen LogP contribution in [0.2, 0.25) is 0 Å². The molecule has 7 heteroatoms. The van der Waals surface area contributed by atoms with Crippen LogP contribution in [0.1, 0.15) is 82.0 Å². The molecule has 228 valence electrons. The maximum absolute atomic E-state index is 13.8. The molecule has 0 aromatic heterocycles. The number of rotatable bonds is 9. The second-order valence-corrected chi connectivity index (χ2v) is 14.0. The summed E-state index contributed by atoms with van der Waals surface area (Å²) in [6.45, 7) is 7.18. The van der Waals surface area contributed by atoms with E-state index in [1.54, 1.807) is 0 Å². The normalized spacial score (nSPS) is 27.4. The Balaban J connectivity index is 1.30. The molecule has 1 unspecified atom stereocenters. The molecule has 7 atom stereocenters. The van der Waals surface area contributed by atoms with Gasteiger partial charge >= 0.3 is 0 Å². The summed E-state index contributed by atoms with van der Waals surface area (Å²) in [6, 6.07) is 17.0. The minimum atomic E-state index is -0.768. The lowest BCUT2D eigenvalue weighted by molar-refractivity contribution is -0.133. The average Bonchev–Trinajstić information content (AvgIpc) is 3.26. The highest BCUT2D eigenvalue weighted by molar-refractivity contribution is 5.82. The zero-order valence-corrected chi connectivity index (χ0v) is 25.5. The number of carbonyl (C=O) groups is 2. The smallest absolute Gasteiger partial charge is 0.237 e. The van der Waals surface area contributed by atoms with E-state index in [4.69, 9.17) is 0 Å². The van der Waals surface area contributed by atoms with Gasteiger partial charge < -0.3 is 20.8 Å². The Morgan fingerprint density at radius 2 is 1.69 bits per heavy atom. The van der Waals surface area contributed by atoms with Crippen molar-refractivity contribution in [3.05, 3.63) is 71.3 Å². The van der Waals surface area contributed by atoms with Crippen molar-refractivity contribution in [1.29, 1.82) is 0 Å². The van der Waals surface area contributed by atoms with Gasteiger partial charge in [0.05, 0.1) is 24.3 Å². The Labute approximate surface area is 251 Å². The van der Waals surface area contributed by atoms with Gasteiger partial charge in [0.25, 0.3) is 0 Å². The van der Waals surface area contributed by atoms with Crippen molar-refractivity contribution in [2.24, 2.45) is 17.8 Å². The first-order chi connectivity index (χ1) is 20.1. The molecule has 3 aliphatic rings. The van der Waals surface area contributed by atoms with E-state index < -0.39 is 24.2 Å². The summed E-state index contributed by atoms with van der Waals surface area (Å²) >= 11 is 0. The fourth-order valence-electron chi connectivity index (χ4n) is 7.50. The van der Waals surface area contributed by atoms with Gasteiger partial charge in [-0.2, -0.15) is 0 Å². The van der Waals surface area contributed by atoms with Crippen molar-refractivity contribution in [3.63, 3.8) is 0 Å². The highest BCUT2D eigenvalue weighted by atomic mass is 16.3. The van der Waals surface area contributed by atoms with Crippen LogP contribution in [-0.2, 0) is 22.4 Å². The highest BCUT2D eigenvalue weighted by Gasteiger charge is 2.41. The number of β-amino-alcohol motifs (C(OH)–C–C–N with tert-alkyl or cyclic N) is 1. The van der Waals surface area contributed by atoms with Crippen LogP contribution >= 0.6 is 0 Å². The van der Waals surface area contributed by atoms with Gasteiger partial charge in [-0.25, -0.2) is 0 Å². The van der Waals surface area contributed by atoms with Crippen LogP contribution in [0.5, 0.6) is 0 Å². The van der Waals surface area contributed by atoms with Crippen LogP contribution in [0.15, 0.2) is 54.6 Å². The summed E-state index contributed by atoms with van der Waals surface area (Å²) in [5.74, 6) is 0.506. The number of benzene rings is 2. The largest absolute Gasteiger partial charge is 0.392 e. The Morgan fingerprint density at radius 3 is 2.43 bits per heavy atom. The van der Waals surface area contributed by atoms with E-state index in [1.165, 1.54) is 25.7 Å². The topological polar surface area (TPSA) is 102 Å². The summed E-state index contributed by atoms with van der Waals surface area (Å²) in [6.07, 6.45) is 5.48. The van der Waals surface area contributed by atoms with Crippen LogP contribution in [0.25, 0.3) is 0 Å². The van der Waals surface area contributed by atoms with E-state index in [2.05, 4.69) is 15.5 Å². The van der Waals surface area contributed by atoms with Crippen LogP contribution in [0.3, 0.4) is 0 Å². The van der Waals surface area contributed by atoms with E-state index in [1.807, 2.05) is 75.4 Å². The summed E-state index contributed by atoms with van der Waals surface area (Å²) in [4.78, 5) is 29.4. The number of carbonyl (C=O) groups excluding carboxylic acids is 2. The van der Waals surface area contributed by atoms with Crippen molar-refractivity contribution in [3.8, 4) is 0 Å². The van der Waals surface area contributed by atoms with E-state index >= 15 is 0 Å². The maximum Gasteiger partial charge on any atom is 0.237 e. The van der Waals surface area contributed by atoms with Gasteiger partial charge in [-0.15, -0.1) is 0 Å². The first-order valence-electron chi connectivity index (χ1n) is 15.9. The molecular formula is C35H49N3O4.